The molecule has 0 bridgehead atoms. The van der Waals surface area contributed by atoms with Gasteiger partial charge in [0.1, 0.15) is 17.5 Å². The van der Waals surface area contributed by atoms with E-state index < -0.39 is 5.41 Å². The first-order valence-corrected chi connectivity index (χ1v) is 9.59. The van der Waals surface area contributed by atoms with Gasteiger partial charge in [-0.1, -0.05) is 0 Å². The highest BCUT2D eigenvalue weighted by molar-refractivity contribution is 5.94. The fraction of sp³-hybridized carbons (Fsp3) is 0.381. The van der Waals surface area contributed by atoms with Crippen LogP contribution in [0.3, 0.4) is 0 Å². The minimum absolute atomic E-state index is 0.0307. The van der Waals surface area contributed by atoms with Crippen LogP contribution in [-0.4, -0.2) is 35.6 Å². The summed E-state index contributed by atoms with van der Waals surface area (Å²) in [7, 11) is 0. The van der Waals surface area contributed by atoms with Crippen molar-refractivity contribution in [2.45, 2.75) is 31.1 Å². The van der Waals surface area contributed by atoms with Crippen LogP contribution in [0.1, 0.15) is 36.8 Å². The van der Waals surface area contributed by atoms with E-state index in [2.05, 4.69) is 27.4 Å². The van der Waals surface area contributed by atoms with Gasteiger partial charge in [-0.15, -0.1) is 0 Å². The lowest BCUT2D eigenvalue weighted by Gasteiger charge is -2.32. The maximum Gasteiger partial charge on any atom is 0.228 e. The van der Waals surface area contributed by atoms with Gasteiger partial charge in [-0.2, -0.15) is 10.5 Å². The molecule has 0 radical (unpaired) electrons. The smallest absolute Gasteiger partial charge is 0.228 e. The van der Waals surface area contributed by atoms with Crippen molar-refractivity contribution < 1.29 is 9.53 Å². The third-order valence-corrected chi connectivity index (χ3v) is 5.42. The number of aromatic nitrogens is 2. The Morgan fingerprint density at radius 3 is 2.69 bits per heavy atom. The Bertz CT molecular complexity index is 1020. The molecule has 1 N–H and O–H groups in total. The number of hydrogen-bond donors (Lipinski definition) is 1. The SMILES string of the molecule is N#Cc1ccnc(Nc2cc(C3(C#N)CCOCC3)cc(N3CCCC3=O)n2)c1. The van der Waals surface area contributed by atoms with E-state index in [9.17, 15) is 10.1 Å². The van der Waals surface area contributed by atoms with Gasteiger partial charge in [0.25, 0.3) is 0 Å². The molecule has 1 amide bonds. The van der Waals surface area contributed by atoms with Crippen LogP contribution in [0.15, 0.2) is 30.5 Å². The van der Waals surface area contributed by atoms with Crippen LogP contribution in [-0.2, 0) is 14.9 Å². The number of hydrogen-bond acceptors (Lipinski definition) is 7. The number of anilines is 3. The van der Waals surface area contributed by atoms with E-state index in [0.717, 1.165) is 12.0 Å². The first-order chi connectivity index (χ1) is 14.1. The lowest BCUT2D eigenvalue weighted by atomic mass is 9.75. The van der Waals surface area contributed by atoms with Crippen LogP contribution < -0.4 is 10.2 Å². The molecule has 2 fully saturated rings. The highest BCUT2D eigenvalue weighted by atomic mass is 16.5. The van der Waals surface area contributed by atoms with E-state index in [0.29, 0.717) is 62.0 Å². The Balaban J connectivity index is 1.76. The van der Waals surface area contributed by atoms with Gasteiger partial charge < -0.3 is 10.1 Å². The average molecular weight is 388 g/mol. The summed E-state index contributed by atoms with van der Waals surface area (Å²) in [4.78, 5) is 22.8. The molecular formula is C21H20N6O2. The summed E-state index contributed by atoms with van der Waals surface area (Å²) >= 11 is 0. The van der Waals surface area contributed by atoms with Crippen molar-refractivity contribution in [3.8, 4) is 12.1 Å². The molecule has 8 nitrogen and oxygen atoms in total. The monoisotopic (exact) mass is 388 g/mol. The zero-order chi connectivity index (χ0) is 20.3. The van der Waals surface area contributed by atoms with Crippen LogP contribution >= 0.6 is 0 Å². The maximum absolute atomic E-state index is 12.3. The molecule has 0 spiro atoms. The second kappa shape index (κ2) is 7.86. The average Bonchev–Trinajstić information content (AvgIpc) is 3.20. The van der Waals surface area contributed by atoms with Gasteiger partial charge in [0.05, 0.1) is 23.1 Å². The van der Waals surface area contributed by atoms with Crippen molar-refractivity contribution in [2.24, 2.45) is 0 Å². The van der Waals surface area contributed by atoms with Crippen LogP contribution in [0.5, 0.6) is 0 Å². The Hall–Kier alpha value is -3.49. The van der Waals surface area contributed by atoms with Crippen LogP contribution in [0.25, 0.3) is 0 Å². The van der Waals surface area contributed by atoms with Crippen molar-refractivity contribution in [3.63, 3.8) is 0 Å². The molecule has 2 aromatic heterocycles. The topological polar surface area (TPSA) is 115 Å². The number of carbonyl (C=O) groups is 1. The highest BCUT2D eigenvalue weighted by Crippen LogP contribution is 2.37. The second-order valence-corrected chi connectivity index (χ2v) is 7.22. The van der Waals surface area contributed by atoms with Crippen molar-refractivity contribution in [2.75, 3.05) is 30.0 Å². The summed E-state index contributed by atoms with van der Waals surface area (Å²) in [6, 6.07) is 11.5. The Morgan fingerprint density at radius 2 is 2.00 bits per heavy atom. The molecule has 4 heterocycles. The summed E-state index contributed by atoms with van der Waals surface area (Å²) in [6.45, 7) is 1.64. The van der Waals surface area contributed by atoms with Crippen molar-refractivity contribution in [1.82, 2.24) is 9.97 Å². The van der Waals surface area contributed by atoms with Gasteiger partial charge in [-0.05, 0) is 49.1 Å². The van der Waals surface area contributed by atoms with E-state index >= 15 is 0 Å². The quantitative estimate of drug-likeness (QED) is 0.856. The standard InChI is InChI=1S/C21H20N6O2/c22-13-15-3-6-24-17(10-15)25-18-11-16(21(14-23)4-8-29-9-5-21)12-19(26-18)27-7-1-2-20(27)28/h3,6,10-12H,1-2,4-5,7-9H2,(H,24,25,26). The number of pyridine rings is 2. The minimum Gasteiger partial charge on any atom is -0.381 e. The lowest BCUT2D eigenvalue weighted by molar-refractivity contribution is -0.117. The van der Waals surface area contributed by atoms with Gasteiger partial charge in [0, 0.05) is 32.4 Å². The molecule has 2 aromatic rings. The molecule has 146 valence electrons. The molecule has 0 atom stereocenters. The van der Waals surface area contributed by atoms with E-state index in [1.54, 1.807) is 23.2 Å². The molecular weight excluding hydrogens is 368 g/mol. The zero-order valence-corrected chi connectivity index (χ0v) is 15.9. The van der Waals surface area contributed by atoms with E-state index in [1.807, 2.05) is 12.1 Å². The minimum atomic E-state index is -0.683. The fourth-order valence-corrected chi connectivity index (χ4v) is 3.77. The predicted octanol–water partition coefficient (Wildman–Crippen LogP) is 2.79. The van der Waals surface area contributed by atoms with Crippen molar-refractivity contribution >= 4 is 23.4 Å². The van der Waals surface area contributed by atoms with Gasteiger partial charge in [-0.25, -0.2) is 9.97 Å². The number of nitrogens with one attached hydrogen (secondary N) is 1. The molecule has 0 aliphatic carbocycles. The summed E-state index contributed by atoms with van der Waals surface area (Å²) in [6.07, 6.45) is 4.00. The number of rotatable bonds is 4. The maximum atomic E-state index is 12.3. The summed E-state index contributed by atoms with van der Waals surface area (Å²) in [5.74, 6) is 1.53. The summed E-state index contributed by atoms with van der Waals surface area (Å²) in [5.41, 5.74) is 0.607. The Kier molecular flexibility index (Phi) is 5.11. The largest absolute Gasteiger partial charge is 0.381 e. The van der Waals surface area contributed by atoms with Crippen molar-refractivity contribution in [1.29, 1.82) is 10.5 Å². The molecule has 4 rings (SSSR count). The van der Waals surface area contributed by atoms with Crippen LogP contribution in [0.2, 0.25) is 0 Å². The molecule has 2 aliphatic rings. The molecule has 0 saturated carbocycles. The zero-order valence-electron chi connectivity index (χ0n) is 15.9. The van der Waals surface area contributed by atoms with E-state index in [1.165, 1.54) is 0 Å². The number of amides is 1. The molecule has 0 unspecified atom stereocenters. The van der Waals surface area contributed by atoms with E-state index in [-0.39, 0.29) is 5.91 Å². The van der Waals surface area contributed by atoms with E-state index in [4.69, 9.17) is 10.00 Å². The van der Waals surface area contributed by atoms with Crippen LogP contribution in [0, 0.1) is 22.7 Å². The molecule has 2 saturated heterocycles. The van der Waals surface area contributed by atoms with Gasteiger partial charge in [0.2, 0.25) is 5.91 Å². The molecule has 2 aliphatic heterocycles. The summed E-state index contributed by atoms with van der Waals surface area (Å²) < 4.78 is 5.46. The normalized spacial score (nSPS) is 18.1. The van der Waals surface area contributed by atoms with Crippen LogP contribution in [0.4, 0.5) is 17.5 Å². The third kappa shape index (κ3) is 3.75. The second-order valence-electron chi connectivity index (χ2n) is 7.22. The highest BCUT2D eigenvalue weighted by Gasteiger charge is 2.36. The Labute approximate surface area is 168 Å². The fourth-order valence-electron chi connectivity index (χ4n) is 3.77. The number of carbonyl (C=O) groups excluding carboxylic acids is 1. The van der Waals surface area contributed by atoms with Gasteiger partial charge in [0.15, 0.2) is 0 Å². The van der Waals surface area contributed by atoms with Gasteiger partial charge >= 0.3 is 0 Å². The Morgan fingerprint density at radius 1 is 1.17 bits per heavy atom. The first-order valence-electron chi connectivity index (χ1n) is 9.59. The third-order valence-electron chi connectivity index (χ3n) is 5.42. The summed E-state index contributed by atoms with van der Waals surface area (Å²) in [5, 5.41) is 22.2. The molecule has 29 heavy (non-hydrogen) atoms. The molecule has 8 heteroatoms. The predicted molar refractivity (Wildman–Crippen MR) is 105 cm³/mol. The lowest BCUT2D eigenvalue weighted by Crippen LogP contribution is -2.33. The number of nitriles is 2. The van der Waals surface area contributed by atoms with Gasteiger partial charge in [-0.3, -0.25) is 9.69 Å². The number of ether oxygens (including phenoxy) is 1. The first kappa shape index (κ1) is 18.9. The van der Waals surface area contributed by atoms with Crippen molar-refractivity contribution in [3.05, 3.63) is 41.6 Å². The number of nitrogens with zero attached hydrogens (tertiary/aromatic N) is 5. The molecule has 0 aromatic carbocycles.